The number of carbonyl (C=O) groups is 1. The molecule has 27 heavy (non-hydrogen) atoms. The van der Waals surface area contributed by atoms with Gasteiger partial charge >= 0.3 is 0 Å². The molecule has 4 rings (SSSR count). The maximum Gasteiger partial charge on any atom is 0.254 e. The Balaban J connectivity index is 1.58. The van der Waals surface area contributed by atoms with E-state index in [0.29, 0.717) is 37.0 Å². The van der Waals surface area contributed by atoms with Gasteiger partial charge in [-0.3, -0.25) is 4.79 Å². The van der Waals surface area contributed by atoms with E-state index in [0.717, 1.165) is 44.2 Å². The highest BCUT2D eigenvalue weighted by Crippen LogP contribution is 2.38. The van der Waals surface area contributed by atoms with Crippen LogP contribution in [0.4, 0.5) is 0 Å². The summed E-state index contributed by atoms with van der Waals surface area (Å²) in [5.41, 5.74) is 7.51. The number of likely N-dealkylation sites (tertiary alicyclic amines) is 1. The molecule has 3 atom stereocenters. The fraction of sp³-hybridized carbons (Fsp3) is 0.650. The molecule has 0 aromatic heterocycles. The standard InChI is InChI=1S/C20H29N3O3S/c1-14-5-7-16(27(25,26)23-9-3-2-4-10-23)11-17(14)20(24)22-12-15-6-8-19(21)18(15)13-22/h5,7,11,15,18-19H,2-4,6,8-10,12-13,21H2,1H3. The van der Waals surface area contributed by atoms with Gasteiger partial charge in [0, 0.05) is 37.8 Å². The third-order valence-corrected chi connectivity index (χ3v) is 8.49. The third kappa shape index (κ3) is 3.41. The van der Waals surface area contributed by atoms with Crippen molar-refractivity contribution in [3.63, 3.8) is 0 Å². The van der Waals surface area contributed by atoms with Crippen molar-refractivity contribution in [1.82, 2.24) is 9.21 Å². The van der Waals surface area contributed by atoms with Gasteiger partial charge < -0.3 is 10.6 Å². The molecule has 7 heteroatoms. The van der Waals surface area contributed by atoms with Gasteiger partial charge in [0.1, 0.15) is 0 Å². The van der Waals surface area contributed by atoms with Gasteiger partial charge in [0.25, 0.3) is 5.91 Å². The van der Waals surface area contributed by atoms with Crippen LogP contribution in [0.25, 0.3) is 0 Å². The number of rotatable bonds is 3. The van der Waals surface area contributed by atoms with Gasteiger partial charge in [0.15, 0.2) is 0 Å². The molecule has 2 aliphatic heterocycles. The van der Waals surface area contributed by atoms with E-state index in [1.807, 2.05) is 11.8 Å². The smallest absolute Gasteiger partial charge is 0.254 e. The Bertz CT molecular complexity index is 833. The maximum atomic E-state index is 13.1. The second-order valence-corrected chi connectivity index (χ2v) is 10.3. The molecule has 0 radical (unpaired) electrons. The number of hydrogen-bond donors (Lipinski definition) is 1. The van der Waals surface area contributed by atoms with Crippen LogP contribution in [0.1, 0.15) is 48.0 Å². The molecule has 148 valence electrons. The summed E-state index contributed by atoms with van der Waals surface area (Å²) in [6.45, 7) is 4.42. The molecular formula is C20H29N3O3S. The average Bonchev–Trinajstić information content (AvgIpc) is 3.24. The Kier molecular flexibility index (Phi) is 5.03. The van der Waals surface area contributed by atoms with Crippen LogP contribution in [0, 0.1) is 18.8 Å². The number of piperidine rings is 1. The van der Waals surface area contributed by atoms with Crippen molar-refractivity contribution in [3.8, 4) is 0 Å². The van der Waals surface area contributed by atoms with Crippen LogP contribution >= 0.6 is 0 Å². The van der Waals surface area contributed by atoms with Crippen molar-refractivity contribution in [3.05, 3.63) is 29.3 Å². The summed E-state index contributed by atoms with van der Waals surface area (Å²) in [5.74, 6) is 0.809. The molecule has 1 saturated carbocycles. The van der Waals surface area contributed by atoms with Gasteiger partial charge in [0.2, 0.25) is 10.0 Å². The van der Waals surface area contributed by atoms with Crippen LogP contribution in [-0.2, 0) is 10.0 Å². The molecular weight excluding hydrogens is 362 g/mol. The van der Waals surface area contributed by atoms with E-state index in [9.17, 15) is 13.2 Å². The van der Waals surface area contributed by atoms with E-state index in [1.54, 1.807) is 22.5 Å². The minimum atomic E-state index is -3.54. The maximum absolute atomic E-state index is 13.1. The van der Waals surface area contributed by atoms with Gasteiger partial charge in [-0.15, -0.1) is 0 Å². The molecule has 3 fully saturated rings. The number of nitrogens with zero attached hydrogens (tertiary/aromatic N) is 2. The lowest BCUT2D eigenvalue weighted by Crippen LogP contribution is -2.36. The van der Waals surface area contributed by atoms with Crippen molar-refractivity contribution < 1.29 is 13.2 Å². The minimum absolute atomic E-state index is 0.0650. The van der Waals surface area contributed by atoms with Crippen molar-refractivity contribution in [2.75, 3.05) is 26.2 Å². The molecule has 1 amide bonds. The zero-order chi connectivity index (χ0) is 19.2. The number of sulfonamides is 1. The molecule has 2 saturated heterocycles. The lowest BCUT2D eigenvalue weighted by atomic mass is 9.98. The Morgan fingerprint density at radius 2 is 1.85 bits per heavy atom. The number of carbonyl (C=O) groups excluding carboxylic acids is 1. The third-order valence-electron chi connectivity index (χ3n) is 6.59. The van der Waals surface area contributed by atoms with E-state index in [4.69, 9.17) is 5.73 Å². The summed E-state index contributed by atoms with van der Waals surface area (Å²) in [6, 6.07) is 5.15. The van der Waals surface area contributed by atoms with Crippen LogP contribution in [0.3, 0.4) is 0 Å². The number of hydrogen-bond acceptors (Lipinski definition) is 4. The van der Waals surface area contributed by atoms with E-state index in [1.165, 1.54) is 0 Å². The molecule has 3 unspecified atom stereocenters. The predicted octanol–water partition coefficient (Wildman–Crippen LogP) is 1.98. The molecule has 1 aromatic rings. The van der Waals surface area contributed by atoms with Gasteiger partial charge in [-0.25, -0.2) is 8.42 Å². The van der Waals surface area contributed by atoms with E-state index < -0.39 is 10.0 Å². The largest absolute Gasteiger partial charge is 0.338 e. The number of fused-ring (bicyclic) bond motifs is 1. The molecule has 6 nitrogen and oxygen atoms in total. The molecule has 3 aliphatic rings. The van der Waals surface area contributed by atoms with Crippen molar-refractivity contribution in [2.45, 2.75) is 50.0 Å². The summed E-state index contributed by atoms with van der Waals surface area (Å²) < 4.78 is 27.5. The molecule has 2 heterocycles. The van der Waals surface area contributed by atoms with Crippen LogP contribution in [0.5, 0.6) is 0 Å². The van der Waals surface area contributed by atoms with Gasteiger partial charge in [-0.2, -0.15) is 4.31 Å². The van der Waals surface area contributed by atoms with Crippen molar-refractivity contribution >= 4 is 15.9 Å². The zero-order valence-corrected chi connectivity index (χ0v) is 16.7. The van der Waals surface area contributed by atoms with Crippen LogP contribution in [0.15, 0.2) is 23.1 Å². The molecule has 1 aromatic carbocycles. The first kappa shape index (κ1) is 18.9. The number of aryl methyl sites for hydroxylation is 1. The first-order valence-electron chi connectivity index (χ1n) is 10.0. The van der Waals surface area contributed by atoms with Crippen molar-refractivity contribution in [2.24, 2.45) is 17.6 Å². The molecule has 0 bridgehead atoms. The van der Waals surface area contributed by atoms with E-state index >= 15 is 0 Å². The Labute approximate surface area is 161 Å². The molecule has 1 aliphatic carbocycles. The number of amides is 1. The average molecular weight is 392 g/mol. The predicted molar refractivity (Wildman–Crippen MR) is 104 cm³/mol. The Hall–Kier alpha value is -1.44. The summed E-state index contributed by atoms with van der Waals surface area (Å²) in [5, 5.41) is 0. The highest BCUT2D eigenvalue weighted by Gasteiger charge is 2.42. The highest BCUT2D eigenvalue weighted by atomic mass is 32.2. The van der Waals surface area contributed by atoms with Gasteiger partial charge in [0.05, 0.1) is 4.90 Å². The van der Waals surface area contributed by atoms with Crippen molar-refractivity contribution in [1.29, 1.82) is 0 Å². The topological polar surface area (TPSA) is 83.7 Å². The Morgan fingerprint density at radius 1 is 1.11 bits per heavy atom. The lowest BCUT2D eigenvalue weighted by molar-refractivity contribution is 0.0778. The summed E-state index contributed by atoms with van der Waals surface area (Å²) in [4.78, 5) is 15.2. The number of nitrogens with two attached hydrogens (primary N) is 1. The summed E-state index contributed by atoms with van der Waals surface area (Å²) in [7, 11) is -3.54. The molecule has 2 N–H and O–H groups in total. The molecule has 0 spiro atoms. The van der Waals surface area contributed by atoms with Crippen LogP contribution in [0.2, 0.25) is 0 Å². The van der Waals surface area contributed by atoms with E-state index in [-0.39, 0.29) is 16.8 Å². The lowest BCUT2D eigenvalue weighted by Gasteiger charge is -2.26. The number of benzene rings is 1. The van der Waals surface area contributed by atoms with E-state index in [2.05, 4.69) is 0 Å². The fourth-order valence-corrected chi connectivity index (χ4v) is 6.43. The first-order valence-corrected chi connectivity index (χ1v) is 11.5. The SMILES string of the molecule is Cc1ccc(S(=O)(=O)N2CCCCC2)cc1C(=O)N1CC2CCC(N)C2C1. The quantitative estimate of drug-likeness (QED) is 0.854. The minimum Gasteiger partial charge on any atom is -0.338 e. The van der Waals surface area contributed by atoms with Gasteiger partial charge in [-0.1, -0.05) is 12.5 Å². The monoisotopic (exact) mass is 391 g/mol. The van der Waals surface area contributed by atoms with Gasteiger partial charge in [-0.05, 0) is 62.1 Å². The fourth-order valence-electron chi connectivity index (χ4n) is 4.89. The highest BCUT2D eigenvalue weighted by molar-refractivity contribution is 7.89. The van der Waals surface area contributed by atoms with Crippen LogP contribution in [-0.4, -0.2) is 55.8 Å². The summed E-state index contributed by atoms with van der Waals surface area (Å²) >= 11 is 0. The zero-order valence-electron chi connectivity index (χ0n) is 15.9. The second-order valence-electron chi connectivity index (χ2n) is 8.32. The summed E-state index contributed by atoms with van der Waals surface area (Å²) in [6.07, 6.45) is 4.99. The second kappa shape index (κ2) is 7.18. The first-order chi connectivity index (χ1) is 12.9. The van der Waals surface area contributed by atoms with Crippen LogP contribution < -0.4 is 5.73 Å². The Morgan fingerprint density at radius 3 is 2.56 bits per heavy atom. The normalized spacial score (nSPS) is 29.1.